The second-order valence-corrected chi connectivity index (χ2v) is 7.85. The molecule has 3 heterocycles. The molecular weight excluding hydrogens is 300 g/mol. The monoisotopic (exact) mass is 324 g/mol. The lowest BCUT2D eigenvalue weighted by molar-refractivity contribution is -0.0511. The van der Waals surface area contributed by atoms with Crippen molar-refractivity contribution in [3.63, 3.8) is 0 Å². The van der Waals surface area contributed by atoms with Gasteiger partial charge in [-0.1, -0.05) is 32.1 Å². The van der Waals surface area contributed by atoms with E-state index in [0.717, 1.165) is 28.9 Å². The van der Waals surface area contributed by atoms with Crippen LogP contribution in [0.25, 0.3) is 4.96 Å². The summed E-state index contributed by atoms with van der Waals surface area (Å²) >= 11 is 1.63. The molecule has 1 aliphatic heterocycles. The van der Waals surface area contributed by atoms with Crippen LogP contribution in [0.3, 0.4) is 0 Å². The van der Waals surface area contributed by atoms with Gasteiger partial charge < -0.3 is 14.4 Å². The summed E-state index contributed by atoms with van der Waals surface area (Å²) in [6.45, 7) is 10.9. The van der Waals surface area contributed by atoms with E-state index in [0.29, 0.717) is 6.61 Å². The number of hydrogen-bond acceptors (Lipinski definition) is 6. The average molecular weight is 324 g/mol. The zero-order chi connectivity index (χ0) is 15.9. The quantitative estimate of drug-likeness (QED) is 0.867. The first kappa shape index (κ1) is 15.7. The van der Waals surface area contributed by atoms with Gasteiger partial charge in [0.25, 0.3) is 0 Å². The predicted molar refractivity (Wildman–Crippen MR) is 88.0 cm³/mol. The van der Waals surface area contributed by atoms with Crippen molar-refractivity contribution in [2.75, 3.05) is 31.7 Å². The Bertz CT molecular complexity index is 614. The summed E-state index contributed by atoms with van der Waals surface area (Å²) in [6, 6.07) is 0. The summed E-state index contributed by atoms with van der Waals surface area (Å²) in [7, 11) is 1.71. The van der Waals surface area contributed by atoms with Crippen molar-refractivity contribution in [1.29, 1.82) is 0 Å². The van der Waals surface area contributed by atoms with Gasteiger partial charge >= 0.3 is 0 Å². The van der Waals surface area contributed by atoms with Gasteiger partial charge in [0, 0.05) is 25.6 Å². The molecule has 2 aromatic rings. The minimum absolute atomic E-state index is 0.0463. The Kier molecular flexibility index (Phi) is 4.13. The van der Waals surface area contributed by atoms with Gasteiger partial charge in [0.1, 0.15) is 0 Å². The van der Waals surface area contributed by atoms with Crippen LogP contribution in [-0.2, 0) is 14.9 Å². The van der Waals surface area contributed by atoms with Gasteiger partial charge in [-0.2, -0.15) is 0 Å². The minimum atomic E-state index is 0.0463. The highest BCUT2D eigenvalue weighted by Gasteiger charge is 2.28. The molecule has 0 N–H and O–H groups in total. The number of nitrogens with zero attached hydrogens (tertiary/aromatic N) is 4. The molecule has 3 rings (SSSR count). The van der Waals surface area contributed by atoms with E-state index < -0.39 is 0 Å². The number of rotatable bonds is 3. The zero-order valence-corrected chi connectivity index (χ0v) is 14.7. The molecule has 0 spiro atoms. The summed E-state index contributed by atoms with van der Waals surface area (Å²) in [5.41, 5.74) is 1.12. The molecule has 0 aliphatic carbocycles. The van der Waals surface area contributed by atoms with Crippen LogP contribution in [0.4, 0.5) is 5.13 Å². The summed E-state index contributed by atoms with van der Waals surface area (Å²) in [5, 5.41) is 5.70. The Morgan fingerprint density at radius 2 is 2.18 bits per heavy atom. The average Bonchev–Trinajstić information content (AvgIpc) is 2.95. The first-order valence-electron chi connectivity index (χ1n) is 7.63. The lowest BCUT2D eigenvalue weighted by atomic mass is 9.93. The smallest absolute Gasteiger partial charge is 0.214 e. The molecule has 0 aromatic carbocycles. The molecular formula is C15H24N4O2S. The second-order valence-electron chi connectivity index (χ2n) is 6.92. The number of morpholine rings is 1. The molecule has 6 nitrogen and oxygen atoms in total. The van der Waals surface area contributed by atoms with Crippen molar-refractivity contribution in [2.45, 2.75) is 45.3 Å². The molecule has 2 atom stereocenters. The summed E-state index contributed by atoms with van der Waals surface area (Å²) < 4.78 is 13.0. The van der Waals surface area contributed by atoms with E-state index in [1.54, 1.807) is 18.4 Å². The molecule has 0 saturated carbocycles. The van der Waals surface area contributed by atoms with Gasteiger partial charge in [0.15, 0.2) is 0 Å². The van der Waals surface area contributed by atoms with E-state index >= 15 is 0 Å². The maximum Gasteiger partial charge on any atom is 0.214 e. The van der Waals surface area contributed by atoms with E-state index in [1.165, 1.54) is 0 Å². The van der Waals surface area contributed by atoms with E-state index in [9.17, 15) is 0 Å². The van der Waals surface area contributed by atoms with Crippen LogP contribution in [0.2, 0.25) is 0 Å². The first-order valence-corrected chi connectivity index (χ1v) is 8.44. The van der Waals surface area contributed by atoms with Crippen LogP contribution >= 0.6 is 11.3 Å². The fourth-order valence-corrected chi connectivity index (χ4v) is 3.56. The highest BCUT2D eigenvalue weighted by Crippen LogP contribution is 2.29. The van der Waals surface area contributed by atoms with Crippen LogP contribution < -0.4 is 4.90 Å². The SMILES string of the molecule is COCC1CN(c2nn3cc(C(C)(C)C)nc3s2)CC(C)O1. The number of anilines is 1. The van der Waals surface area contributed by atoms with E-state index in [-0.39, 0.29) is 17.6 Å². The highest BCUT2D eigenvalue weighted by molar-refractivity contribution is 7.20. The van der Waals surface area contributed by atoms with Crippen LogP contribution in [0.1, 0.15) is 33.4 Å². The van der Waals surface area contributed by atoms with Crippen LogP contribution in [0.15, 0.2) is 6.20 Å². The van der Waals surface area contributed by atoms with Crippen molar-refractivity contribution in [1.82, 2.24) is 14.6 Å². The molecule has 122 valence electrons. The van der Waals surface area contributed by atoms with Gasteiger partial charge in [-0.25, -0.2) is 9.50 Å². The molecule has 1 saturated heterocycles. The Balaban J connectivity index is 1.82. The Labute approximate surface area is 135 Å². The van der Waals surface area contributed by atoms with Crippen molar-refractivity contribution in [3.05, 3.63) is 11.9 Å². The van der Waals surface area contributed by atoms with Crippen LogP contribution in [0.5, 0.6) is 0 Å². The Morgan fingerprint density at radius 1 is 1.41 bits per heavy atom. The van der Waals surface area contributed by atoms with Crippen molar-refractivity contribution in [3.8, 4) is 0 Å². The van der Waals surface area contributed by atoms with Gasteiger partial charge in [-0.05, 0) is 6.92 Å². The normalized spacial score (nSPS) is 23.4. The molecule has 0 bridgehead atoms. The standard InChI is InChI=1S/C15H24N4O2S/c1-10-6-18(7-11(21-10)9-20-5)14-17-19-8-12(15(2,3)4)16-13(19)22-14/h8,10-11H,6-7,9H2,1-5H3. The Hall–Kier alpha value is -1.18. The number of ether oxygens (including phenoxy) is 2. The maximum atomic E-state index is 5.89. The lowest BCUT2D eigenvalue weighted by Gasteiger charge is -2.36. The third-order valence-electron chi connectivity index (χ3n) is 3.75. The molecule has 0 amide bonds. The topological polar surface area (TPSA) is 51.9 Å². The van der Waals surface area contributed by atoms with Gasteiger partial charge in [-0.15, -0.1) is 5.10 Å². The molecule has 22 heavy (non-hydrogen) atoms. The van der Waals surface area contributed by atoms with Crippen molar-refractivity contribution >= 4 is 21.4 Å². The van der Waals surface area contributed by atoms with Gasteiger partial charge in [0.2, 0.25) is 10.1 Å². The zero-order valence-electron chi connectivity index (χ0n) is 13.9. The van der Waals surface area contributed by atoms with Crippen molar-refractivity contribution in [2.24, 2.45) is 0 Å². The summed E-state index contributed by atoms with van der Waals surface area (Å²) in [4.78, 5) is 7.93. The minimum Gasteiger partial charge on any atom is -0.382 e. The third kappa shape index (κ3) is 3.11. The van der Waals surface area contributed by atoms with Gasteiger partial charge in [0.05, 0.1) is 30.7 Å². The number of fused-ring (bicyclic) bond motifs is 1. The molecule has 2 unspecified atom stereocenters. The van der Waals surface area contributed by atoms with Gasteiger partial charge in [-0.3, -0.25) is 0 Å². The molecule has 0 radical (unpaired) electrons. The number of imidazole rings is 1. The van der Waals surface area contributed by atoms with Crippen LogP contribution in [0, 0.1) is 0 Å². The summed E-state index contributed by atoms with van der Waals surface area (Å²) in [5.74, 6) is 0. The molecule has 2 aromatic heterocycles. The van der Waals surface area contributed by atoms with Crippen LogP contribution in [-0.4, -0.2) is 53.6 Å². The molecule has 7 heteroatoms. The third-order valence-corrected chi connectivity index (χ3v) is 4.73. The van der Waals surface area contributed by atoms with E-state index in [4.69, 9.17) is 19.6 Å². The van der Waals surface area contributed by atoms with Crippen molar-refractivity contribution < 1.29 is 9.47 Å². The maximum absolute atomic E-state index is 5.89. The second kappa shape index (κ2) is 5.79. The molecule has 1 aliphatic rings. The highest BCUT2D eigenvalue weighted by atomic mass is 32.1. The fraction of sp³-hybridized carbons (Fsp3) is 0.733. The Morgan fingerprint density at radius 3 is 2.82 bits per heavy atom. The fourth-order valence-electron chi connectivity index (χ4n) is 2.66. The molecule has 1 fully saturated rings. The first-order chi connectivity index (χ1) is 10.4. The van der Waals surface area contributed by atoms with E-state index in [2.05, 4.69) is 32.6 Å². The summed E-state index contributed by atoms with van der Waals surface area (Å²) in [6.07, 6.45) is 2.30. The van der Waals surface area contributed by atoms with E-state index in [1.807, 2.05) is 10.7 Å². The number of methoxy groups -OCH3 is 1. The number of hydrogen-bond donors (Lipinski definition) is 0. The number of aromatic nitrogens is 3. The largest absolute Gasteiger partial charge is 0.382 e. The lowest BCUT2D eigenvalue weighted by Crippen LogP contribution is -2.48. The predicted octanol–water partition coefficient (Wildman–Crippen LogP) is 2.33.